The number of ether oxygens (including phenoxy) is 1. The highest BCUT2D eigenvalue weighted by atomic mass is 16.5. The van der Waals surface area contributed by atoms with Crippen molar-refractivity contribution in [3.63, 3.8) is 0 Å². The Kier molecular flexibility index (Phi) is 4.76. The first-order valence-corrected chi connectivity index (χ1v) is 7.93. The van der Waals surface area contributed by atoms with Crippen molar-refractivity contribution in [2.75, 3.05) is 26.7 Å². The standard InChI is InChI=1S/C19H24N2O/c1-22-19-8-4-7-16(11-19)18(12-20)14-21-10-9-15-5-2-3-6-17(15)13-21/h2-8,11,18H,9-10,12-14,20H2,1H3. The topological polar surface area (TPSA) is 38.5 Å². The number of rotatable bonds is 5. The molecule has 0 amide bonds. The van der Waals surface area contributed by atoms with E-state index in [0.29, 0.717) is 12.5 Å². The molecule has 0 radical (unpaired) electrons. The number of nitrogens with two attached hydrogens (primary N) is 1. The summed E-state index contributed by atoms with van der Waals surface area (Å²) in [6.07, 6.45) is 1.13. The van der Waals surface area contributed by atoms with E-state index < -0.39 is 0 Å². The van der Waals surface area contributed by atoms with Gasteiger partial charge in [-0.05, 0) is 35.2 Å². The molecule has 0 saturated heterocycles. The molecule has 1 aliphatic rings. The molecule has 1 aliphatic heterocycles. The van der Waals surface area contributed by atoms with Crippen molar-refractivity contribution >= 4 is 0 Å². The highest BCUT2D eigenvalue weighted by molar-refractivity contribution is 5.32. The van der Waals surface area contributed by atoms with Crippen LogP contribution in [-0.2, 0) is 13.0 Å². The fourth-order valence-corrected chi connectivity index (χ4v) is 3.23. The molecule has 0 bridgehead atoms. The zero-order valence-corrected chi connectivity index (χ0v) is 13.2. The predicted molar refractivity (Wildman–Crippen MR) is 90.2 cm³/mol. The van der Waals surface area contributed by atoms with E-state index in [1.165, 1.54) is 16.7 Å². The summed E-state index contributed by atoms with van der Waals surface area (Å²) in [6, 6.07) is 17.0. The van der Waals surface area contributed by atoms with Crippen LogP contribution in [0.2, 0.25) is 0 Å². The van der Waals surface area contributed by atoms with Gasteiger partial charge in [-0.25, -0.2) is 0 Å². The molecule has 0 aromatic heterocycles. The Balaban J connectivity index is 1.71. The molecule has 0 saturated carbocycles. The normalized spacial score (nSPS) is 16.1. The molecule has 1 heterocycles. The smallest absolute Gasteiger partial charge is 0.119 e. The van der Waals surface area contributed by atoms with Crippen LogP contribution in [0.1, 0.15) is 22.6 Å². The molecule has 2 aromatic rings. The molecular weight excluding hydrogens is 272 g/mol. The first-order valence-electron chi connectivity index (χ1n) is 7.93. The van der Waals surface area contributed by atoms with Crippen molar-refractivity contribution < 1.29 is 4.74 Å². The lowest BCUT2D eigenvalue weighted by molar-refractivity contribution is 0.239. The van der Waals surface area contributed by atoms with Crippen LogP contribution in [-0.4, -0.2) is 31.6 Å². The van der Waals surface area contributed by atoms with Crippen molar-refractivity contribution in [1.82, 2.24) is 4.90 Å². The van der Waals surface area contributed by atoms with Crippen LogP contribution in [0.5, 0.6) is 5.75 Å². The van der Waals surface area contributed by atoms with Crippen LogP contribution in [0.25, 0.3) is 0 Å². The molecule has 2 N–H and O–H groups in total. The van der Waals surface area contributed by atoms with Gasteiger partial charge in [0.05, 0.1) is 7.11 Å². The van der Waals surface area contributed by atoms with Crippen molar-refractivity contribution in [3.05, 3.63) is 65.2 Å². The first kappa shape index (κ1) is 15.1. The molecule has 0 aliphatic carbocycles. The second kappa shape index (κ2) is 6.95. The van der Waals surface area contributed by atoms with Gasteiger partial charge in [0.2, 0.25) is 0 Å². The van der Waals surface area contributed by atoms with E-state index in [-0.39, 0.29) is 0 Å². The Morgan fingerprint density at radius 1 is 1.14 bits per heavy atom. The summed E-state index contributed by atoms with van der Waals surface area (Å²) in [7, 11) is 1.71. The number of methoxy groups -OCH3 is 1. The summed E-state index contributed by atoms with van der Waals surface area (Å²) >= 11 is 0. The van der Waals surface area contributed by atoms with Gasteiger partial charge in [0, 0.05) is 32.1 Å². The lowest BCUT2D eigenvalue weighted by Crippen LogP contribution is -2.35. The van der Waals surface area contributed by atoms with Crippen LogP contribution >= 0.6 is 0 Å². The van der Waals surface area contributed by atoms with Crippen molar-refractivity contribution in [2.24, 2.45) is 5.73 Å². The fourth-order valence-electron chi connectivity index (χ4n) is 3.23. The molecule has 0 fully saturated rings. The molecule has 22 heavy (non-hydrogen) atoms. The zero-order valence-electron chi connectivity index (χ0n) is 13.2. The van der Waals surface area contributed by atoms with E-state index in [4.69, 9.17) is 10.5 Å². The van der Waals surface area contributed by atoms with Gasteiger partial charge in [0.25, 0.3) is 0 Å². The molecule has 0 spiro atoms. The van der Waals surface area contributed by atoms with E-state index in [2.05, 4.69) is 41.3 Å². The maximum Gasteiger partial charge on any atom is 0.119 e. The molecule has 3 heteroatoms. The molecule has 3 nitrogen and oxygen atoms in total. The summed E-state index contributed by atoms with van der Waals surface area (Å²) in [4.78, 5) is 2.51. The third-order valence-electron chi connectivity index (χ3n) is 4.54. The monoisotopic (exact) mass is 296 g/mol. The van der Waals surface area contributed by atoms with Gasteiger partial charge in [0.1, 0.15) is 5.75 Å². The van der Waals surface area contributed by atoms with E-state index in [1.807, 2.05) is 12.1 Å². The predicted octanol–water partition coefficient (Wildman–Crippen LogP) is 2.80. The first-order chi connectivity index (χ1) is 10.8. The van der Waals surface area contributed by atoms with Crippen molar-refractivity contribution in [1.29, 1.82) is 0 Å². The van der Waals surface area contributed by atoms with Gasteiger partial charge >= 0.3 is 0 Å². The van der Waals surface area contributed by atoms with Crippen LogP contribution in [0.3, 0.4) is 0 Å². The van der Waals surface area contributed by atoms with Gasteiger partial charge < -0.3 is 10.5 Å². The van der Waals surface area contributed by atoms with Gasteiger partial charge in [-0.15, -0.1) is 0 Å². The number of benzene rings is 2. The Bertz CT molecular complexity index is 626. The molecule has 1 unspecified atom stereocenters. The second-order valence-corrected chi connectivity index (χ2v) is 5.96. The number of fused-ring (bicyclic) bond motifs is 1. The summed E-state index contributed by atoms with van der Waals surface area (Å²) in [5.74, 6) is 1.25. The maximum atomic E-state index is 6.04. The van der Waals surface area contributed by atoms with Crippen LogP contribution in [0.4, 0.5) is 0 Å². The number of hydrogen-bond acceptors (Lipinski definition) is 3. The van der Waals surface area contributed by atoms with Crippen LogP contribution < -0.4 is 10.5 Å². The summed E-state index contributed by atoms with van der Waals surface area (Å²) in [5.41, 5.74) is 10.2. The molecular formula is C19H24N2O. The van der Waals surface area contributed by atoms with Crippen molar-refractivity contribution in [3.8, 4) is 5.75 Å². The highest BCUT2D eigenvalue weighted by Gasteiger charge is 2.20. The minimum atomic E-state index is 0.348. The third kappa shape index (κ3) is 3.32. The van der Waals surface area contributed by atoms with E-state index in [9.17, 15) is 0 Å². The maximum absolute atomic E-state index is 6.04. The quantitative estimate of drug-likeness (QED) is 0.922. The Morgan fingerprint density at radius 3 is 2.73 bits per heavy atom. The SMILES string of the molecule is COc1cccc(C(CN)CN2CCc3ccccc3C2)c1. The average molecular weight is 296 g/mol. The van der Waals surface area contributed by atoms with Gasteiger partial charge in [-0.1, -0.05) is 36.4 Å². The summed E-state index contributed by atoms with van der Waals surface area (Å²) < 4.78 is 5.33. The summed E-state index contributed by atoms with van der Waals surface area (Å²) in [5, 5.41) is 0. The number of hydrogen-bond donors (Lipinski definition) is 1. The fraction of sp³-hybridized carbons (Fsp3) is 0.368. The average Bonchev–Trinajstić information content (AvgIpc) is 2.59. The van der Waals surface area contributed by atoms with E-state index >= 15 is 0 Å². The van der Waals surface area contributed by atoms with Gasteiger partial charge in [-0.3, -0.25) is 4.90 Å². The Hall–Kier alpha value is -1.84. The van der Waals surface area contributed by atoms with Crippen LogP contribution in [0.15, 0.2) is 48.5 Å². The molecule has 3 rings (SSSR count). The zero-order chi connectivity index (χ0) is 15.4. The Morgan fingerprint density at radius 2 is 1.95 bits per heavy atom. The Labute approximate surface area is 132 Å². The van der Waals surface area contributed by atoms with Crippen LogP contribution in [0, 0.1) is 0 Å². The third-order valence-corrected chi connectivity index (χ3v) is 4.54. The van der Waals surface area contributed by atoms with Gasteiger partial charge in [-0.2, -0.15) is 0 Å². The number of nitrogens with zero attached hydrogens (tertiary/aromatic N) is 1. The van der Waals surface area contributed by atoms with Gasteiger partial charge in [0.15, 0.2) is 0 Å². The van der Waals surface area contributed by atoms with E-state index in [1.54, 1.807) is 7.11 Å². The lowest BCUT2D eigenvalue weighted by Gasteiger charge is -2.31. The minimum Gasteiger partial charge on any atom is -0.497 e. The largest absolute Gasteiger partial charge is 0.497 e. The summed E-state index contributed by atoms with van der Waals surface area (Å²) in [6.45, 7) is 3.79. The molecule has 2 aromatic carbocycles. The van der Waals surface area contributed by atoms with E-state index in [0.717, 1.165) is 31.8 Å². The van der Waals surface area contributed by atoms with Crippen molar-refractivity contribution in [2.45, 2.75) is 18.9 Å². The highest BCUT2D eigenvalue weighted by Crippen LogP contribution is 2.24. The molecule has 1 atom stereocenters. The minimum absolute atomic E-state index is 0.348. The lowest BCUT2D eigenvalue weighted by atomic mass is 9.95. The second-order valence-electron chi connectivity index (χ2n) is 5.96. The molecule has 116 valence electrons.